The van der Waals surface area contributed by atoms with Crippen LogP contribution in [0.3, 0.4) is 0 Å². The second kappa shape index (κ2) is 8.47. The van der Waals surface area contributed by atoms with E-state index in [-0.39, 0.29) is 30.3 Å². The third-order valence-corrected chi connectivity index (χ3v) is 5.61. The van der Waals surface area contributed by atoms with E-state index in [9.17, 15) is 4.79 Å². The molecule has 0 saturated heterocycles. The van der Waals surface area contributed by atoms with Crippen LogP contribution >= 0.6 is 24.0 Å². The molecule has 140 valence electrons. The Bertz CT molecular complexity index is 625. The fourth-order valence-electron chi connectivity index (χ4n) is 4.19. The van der Waals surface area contributed by atoms with E-state index in [4.69, 9.17) is 26.8 Å². The molecule has 0 aromatic heterocycles. The fourth-order valence-corrected chi connectivity index (χ4v) is 4.48. The van der Waals surface area contributed by atoms with Crippen molar-refractivity contribution in [1.29, 1.82) is 0 Å². The summed E-state index contributed by atoms with van der Waals surface area (Å²) in [6.07, 6.45) is 3.39. The van der Waals surface area contributed by atoms with Gasteiger partial charge in [-0.15, -0.1) is 12.4 Å². The molecule has 1 aromatic carbocycles. The summed E-state index contributed by atoms with van der Waals surface area (Å²) in [4.78, 5) is 12.5. The maximum atomic E-state index is 12.5. The number of methoxy groups -OCH3 is 1. The Balaban J connectivity index is 0.00000225. The highest BCUT2D eigenvalue weighted by Gasteiger charge is 2.48. The van der Waals surface area contributed by atoms with E-state index >= 15 is 0 Å². The van der Waals surface area contributed by atoms with Gasteiger partial charge in [0, 0.05) is 12.6 Å². The predicted molar refractivity (Wildman–Crippen MR) is 101 cm³/mol. The maximum Gasteiger partial charge on any atom is 0.225 e. The highest BCUT2D eigenvalue weighted by Crippen LogP contribution is 2.47. The average molecular weight is 389 g/mol. The third-order valence-electron chi connectivity index (χ3n) is 5.33. The van der Waals surface area contributed by atoms with Crippen molar-refractivity contribution in [2.45, 2.75) is 38.8 Å². The number of ether oxygens (including phenoxy) is 2. The predicted octanol–water partition coefficient (Wildman–Crippen LogP) is 3.16. The molecule has 0 spiro atoms. The smallest absolute Gasteiger partial charge is 0.225 e. The summed E-state index contributed by atoms with van der Waals surface area (Å²) in [5.41, 5.74) is 7.12. The lowest BCUT2D eigenvalue weighted by molar-refractivity contribution is -0.127. The zero-order valence-electron chi connectivity index (χ0n) is 14.6. The number of halogens is 2. The van der Waals surface area contributed by atoms with E-state index in [2.05, 4.69) is 5.32 Å². The minimum atomic E-state index is -0.0520. The second-order valence-electron chi connectivity index (χ2n) is 6.70. The van der Waals surface area contributed by atoms with Gasteiger partial charge in [-0.05, 0) is 55.7 Å². The van der Waals surface area contributed by atoms with Gasteiger partial charge in [0.05, 0.1) is 24.7 Å². The van der Waals surface area contributed by atoms with E-state index in [1.165, 1.54) is 6.42 Å². The van der Waals surface area contributed by atoms with E-state index in [1.807, 2.05) is 13.0 Å². The molecule has 5 nitrogen and oxygen atoms in total. The number of fused-ring (bicyclic) bond motifs is 2. The summed E-state index contributed by atoms with van der Waals surface area (Å²) in [6.45, 7) is 2.80. The zero-order valence-corrected chi connectivity index (χ0v) is 16.2. The largest absolute Gasteiger partial charge is 0.493 e. The van der Waals surface area contributed by atoms with Crippen LogP contribution in [-0.2, 0) is 11.3 Å². The number of hydrogen-bond acceptors (Lipinski definition) is 4. The van der Waals surface area contributed by atoms with Gasteiger partial charge in [0.15, 0.2) is 11.5 Å². The van der Waals surface area contributed by atoms with Crippen molar-refractivity contribution in [2.24, 2.45) is 23.5 Å². The van der Waals surface area contributed by atoms with Crippen LogP contribution in [0.2, 0.25) is 5.02 Å². The Morgan fingerprint density at radius 3 is 2.68 bits per heavy atom. The van der Waals surface area contributed by atoms with Crippen molar-refractivity contribution in [2.75, 3.05) is 13.7 Å². The van der Waals surface area contributed by atoms with E-state index in [0.717, 1.165) is 18.4 Å². The first-order chi connectivity index (χ1) is 11.5. The SMILES string of the molecule is CCOc1c(Cl)cc(CNC(=O)C2C3CCC(C3)C2N)cc1OC.Cl. The number of hydrogen-bond donors (Lipinski definition) is 2. The first-order valence-corrected chi connectivity index (χ1v) is 8.95. The first-order valence-electron chi connectivity index (χ1n) is 8.57. The van der Waals surface area contributed by atoms with Gasteiger partial charge in [0.2, 0.25) is 5.91 Å². The molecule has 4 atom stereocenters. The Kier molecular flexibility index (Phi) is 6.83. The van der Waals surface area contributed by atoms with Gasteiger partial charge in [-0.1, -0.05) is 11.6 Å². The summed E-state index contributed by atoms with van der Waals surface area (Å²) >= 11 is 6.27. The molecule has 4 unspecified atom stereocenters. The van der Waals surface area contributed by atoms with Crippen LogP contribution < -0.4 is 20.5 Å². The maximum absolute atomic E-state index is 12.5. The quantitative estimate of drug-likeness (QED) is 0.784. The Hall–Kier alpha value is -1.17. The Labute approximate surface area is 160 Å². The van der Waals surface area contributed by atoms with Gasteiger partial charge in [-0.25, -0.2) is 0 Å². The monoisotopic (exact) mass is 388 g/mol. The van der Waals surface area contributed by atoms with Crippen LogP contribution in [0.15, 0.2) is 12.1 Å². The van der Waals surface area contributed by atoms with Gasteiger partial charge in [0.1, 0.15) is 0 Å². The number of carbonyl (C=O) groups is 1. The minimum Gasteiger partial charge on any atom is -0.493 e. The van der Waals surface area contributed by atoms with Gasteiger partial charge in [0.25, 0.3) is 0 Å². The van der Waals surface area contributed by atoms with Crippen LogP contribution in [0.4, 0.5) is 0 Å². The highest BCUT2D eigenvalue weighted by molar-refractivity contribution is 6.32. The topological polar surface area (TPSA) is 73.6 Å². The number of amides is 1. The van der Waals surface area contributed by atoms with Crippen molar-refractivity contribution >= 4 is 29.9 Å². The Morgan fingerprint density at radius 1 is 1.36 bits per heavy atom. The molecule has 0 heterocycles. The fraction of sp³-hybridized carbons (Fsp3) is 0.611. The molecule has 3 rings (SSSR count). The molecule has 2 aliphatic rings. The summed E-state index contributed by atoms with van der Waals surface area (Å²) in [5.74, 6) is 2.08. The van der Waals surface area contributed by atoms with Crippen molar-refractivity contribution in [3.05, 3.63) is 22.7 Å². The lowest BCUT2D eigenvalue weighted by atomic mass is 9.84. The molecular formula is C18H26Cl2N2O3. The minimum absolute atomic E-state index is 0. The lowest BCUT2D eigenvalue weighted by Gasteiger charge is -2.27. The molecule has 2 saturated carbocycles. The summed E-state index contributed by atoms with van der Waals surface area (Å²) in [7, 11) is 1.57. The van der Waals surface area contributed by atoms with Crippen LogP contribution in [0.5, 0.6) is 11.5 Å². The molecule has 2 fully saturated rings. The molecular weight excluding hydrogens is 363 g/mol. The molecule has 0 radical (unpaired) electrons. The van der Waals surface area contributed by atoms with Gasteiger partial charge in [-0.3, -0.25) is 4.79 Å². The van der Waals surface area contributed by atoms with Crippen molar-refractivity contribution < 1.29 is 14.3 Å². The van der Waals surface area contributed by atoms with Crippen molar-refractivity contribution in [1.82, 2.24) is 5.32 Å². The Morgan fingerprint density at radius 2 is 2.08 bits per heavy atom. The van der Waals surface area contributed by atoms with Gasteiger partial charge in [-0.2, -0.15) is 0 Å². The molecule has 2 aliphatic carbocycles. The summed E-state index contributed by atoms with van der Waals surface area (Å²) < 4.78 is 10.8. The van der Waals surface area contributed by atoms with Gasteiger partial charge < -0.3 is 20.5 Å². The summed E-state index contributed by atoms with van der Waals surface area (Å²) in [5, 5.41) is 3.50. The van der Waals surface area contributed by atoms with Crippen molar-refractivity contribution in [3.8, 4) is 11.5 Å². The number of nitrogens with one attached hydrogen (secondary N) is 1. The normalized spacial score (nSPS) is 26.9. The molecule has 1 amide bonds. The second-order valence-corrected chi connectivity index (χ2v) is 7.10. The zero-order chi connectivity index (χ0) is 17.3. The number of rotatable bonds is 6. The molecule has 25 heavy (non-hydrogen) atoms. The van der Waals surface area contributed by atoms with Gasteiger partial charge >= 0.3 is 0 Å². The van der Waals surface area contributed by atoms with Crippen LogP contribution in [0.25, 0.3) is 0 Å². The molecule has 0 aliphatic heterocycles. The molecule has 1 aromatic rings. The number of benzene rings is 1. The molecule has 7 heteroatoms. The molecule has 3 N–H and O–H groups in total. The van der Waals surface area contributed by atoms with Crippen LogP contribution in [-0.4, -0.2) is 25.7 Å². The van der Waals surface area contributed by atoms with E-state index in [0.29, 0.717) is 41.5 Å². The first kappa shape index (κ1) is 20.1. The average Bonchev–Trinajstić information content (AvgIpc) is 3.15. The molecule has 2 bridgehead atoms. The number of nitrogens with two attached hydrogens (primary N) is 1. The van der Waals surface area contributed by atoms with E-state index in [1.54, 1.807) is 13.2 Å². The van der Waals surface area contributed by atoms with Crippen molar-refractivity contribution in [3.63, 3.8) is 0 Å². The highest BCUT2D eigenvalue weighted by atomic mass is 35.5. The lowest BCUT2D eigenvalue weighted by Crippen LogP contribution is -2.45. The van der Waals surface area contributed by atoms with Crippen LogP contribution in [0, 0.1) is 17.8 Å². The summed E-state index contributed by atoms with van der Waals surface area (Å²) in [6, 6.07) is 3.65. The standard InChI is InChI=1S/C18H25ClN2O3.ClH/c1-3-24-17-13(19)6-10(7-14(17)23-2)9-21-18(22)15-11-4-5-12(8-11)16(15)20;/h6-7,11-12,15-16H,3-5,8-9,20H2,1-2H3,(H,21,22);1H. The number of carbonyl (C=O) groups excluding carboxylic acids is 1. The third kappa shape index (κ3) is 3.99. The van der Waals surface area contributed by atoms with Crippen LogP contribution in [0.1, 0.15) is 31.7 Å². The van der Waals surface area contributed by atoms with E-state index < -0.39 is 0 Å².